The largest absolute Gasteiger partial charge is 0.487 e. The number of carbonyl (C=O) groups is 2. The third-order valence-corrected chi connectivity index (χ3v) is 6.65. The van der Waals surface area contributed by atoms with Crippen molar-refractivity contribution < 1.29 is 14.3 Å². The van der Waals surface area contributed by atoms with Crippen LogP contribution in [0.3, 0.4) is 0 Å². The van der Waals surface area contributed by atoms with Gasteiger partial charge in [0.2, 0.25) is 0 Å². The summed E-state index contributed by atoms with van der Waals surface area (Å²) in [7, 11) is 0. The number of nitrogens with one attached hydrogen (secondary N) is 1. The standard InChI is InChI=1S/C25H34N4O3/c1-3-28-15-9-4-10-16-29(25(31)20-17-18(2)26-27-20)21-12-6-8-14-23(21)32-22-13-7-5-11-19(22)24(28)30/h5,7,11,13,17,21,23H,3-4,6,8-10,12,14-16H2,1-2H3,(H,26,27)/t21-,23+/m1/s1. The number of aryl methyl sites for hydroxylation is 1. The second-order valence-corrected chi connectivity index (χ2v) is 8.88. The molecule has 0 spiro atoms. The molecule has 0 bridgehead atoms. The summed E-state index contributed by atoms with van der Waals surface area (Å²) in [6.45, 7) is 5.98. The molecule has 2 aliphatic rings. The predicted octanol–water partition coefficient (Wildman–Crippen LogP) is 4.20. The minimum absolute atomic E-state index is 0.0228. The van der Waals surface area contributed by atoms with Crippen molar-refractivity contribution in [3.05, 3.63) is 47.3 Å². The first-order chi connectivity index (χ1) is 15.6. The van der Waals surface area contributed by atoms with E-state index >= 15 is 0 Å². The van der Waals surface area contributed by atoms with E-state index in [9.17, 15) is 9.59 Å². The Bertz CT molecular complexity index is 941. The number of nitrogens with zero attached hydrogens (tertiary/aromatic N) is 3. The van der Waals surface area contributed by atoms with Crippen molar-refractivity contribution >= 4 is 11.8 Å². The molecule has 1 aromatic carbocycles. The van der Waals surface area contributed by atoms with Crippen LogP contribution in [0.15, 0.2) is 30.3 Å². The molecule has 7 nitrogen and oxygen atoms in total. The van der Waals surface area contributed by atoms with Gasteiger partial charge >= 0.3 is 0 Å². The van der Waals surface area contributed by atoms with Crippen LogP contribution in [0, 0.1) is 6.92 Å². The molecular weight excluding hydrogens is 404 g/mol. The first-order valence-corrected chi connectivity index (χ1v) is 12.0. The van der Waals surface area contributed by atoms with Crippen molar-refractivity contribution in [3.8, 4) is 5.75 Å². The number of hydrogen-bond donors (Lipinski definition) is 1. The highest BCUT2D eigenvalue weighted by Gasteiger charge is 2.36. The number of para-hydroxylation sites is 1. The number of carbonyl (C=O) groups excluding carboxylic acids is 2. The third-order valence-electron chi connectivity index (χ3n) is 6.65. The monoisotopic (exact) mass is 438 g/mol. The zero-order valence-corrected chi connectivity index (χ0v) is 19.2. The predicted molar refractivity (Wildman–Crippen MR) is 123 cm³/mol. The molecule has 7 heteroatoms. The number of rotatable bonds is 2. The van der Waals surface area contributed by atoms with E-state index in [-0.39, 0.29) is 24.0 Å². The molecule has 172 valence electrons. The van der Waals surface area contributed by atoms with Gasteiger partial charge in [-0.05, 0) is 70.6 Å². The van der Waals surface area contributed by atoms with Crippen molar-refractivity contribution in [2.45, 2.75) is 70.9 Å². The van der Waals surface area contributed by atoms with Crippen LogP contribution in [0.1, 0.15) is 78.4 Å². The zero-order chi connectivity index (χ0) is 22.5. The lowest BCUT2D eigenvalue weighted by Gasteiger charge is -2.40. The quantitative estimate of drug-likeness (QED) is 0.762. The summed E-state index contributed by atoms with van der Waals surface area (Å²) in [6, 6.07) is 9.32. The lowest BCUT2D eigenvalue weighted by atomic mass is 9.90. The summed E-state index contributed by atoms with van der Waals surface area (Å²) in [5, 5.41) is 7.13. The summed E-state index contributed by atoms with van der Waals surface area (Å²) >= 11 is 0. The fourth-order valence-electron chi connectivity index (χ4n) is 4.91. The van der Waals surface area contributed by atoms with E-state index < -0.39 is 0 Å². The van der Waals surface area contributed by atoms with Crippen LogP contribution in [-0.2, 0) is 0 Å². The highest BCUT2D eigenvalue weighted by Crippen LogP contribution is 2.31. The SMILES string of the molecule is CCN1CCCCCN(C(=O)c2cc(C)[nH]n2)[C@@H]2CCCC[C@@H]2Oc2ccccc2C1=O. The van der Waals surface area contributed by atoms with Crippen molar-refractivity contribution in [2.24, 2.45) is 0 Å². The molecule has 2 atom stereocenters. The van der Waals surface area contributed by atoms with Gasteiger partial charge in [0.1, 0.15) is 17.5 Å². The Labute approximate surface area is 190 Å². The number of aromatic amines is 1. The number of hydrogen-bond acceptors (Lipinski definition) is 4. The maximum atomic E-state index is 13.5. The van der Waals surface area contributed by atoms with E-state index in [1.807, 2.05) is 54.0 Å². The molecule has 32 heavy (non-hydrogen) atoms. The Morgan fingerprint density at radius 3 is 2.69 bits per heavy atom. The van der Waals surface area contributed by atoms with Crippen LogP contribution in [0.4, 0.5) is 0 Å². The average Bonchev–Trinajstić information content (AvgIpc) is 3.25. The molecule has 2 aromatic rings. The van der Waals surface area contributed by atoms with Crippen molar-refractivity contribution in [1.29, 1.82) is 0 Å². The Morgan fingerprint density at radius 1 is 1.12 bits per heavy atom. The molecule has 2 heterocycles. The maximum Gasteiger partial charge on any atom is 0.274 e. The molecule has 1 aliphatic heterocycles. The van der Waals surface area contributed by atoms with Gasteiger partial charge in [0.25, 0.3) is 11.8 Å². The highest BCUT2D eigenvalue weighted by atomic mass is 16.5. The van der Waals surface area contributed by atoms with E-state index in [0.717, 1.165) is 50.6 Å². The van der Waals surface area contributed by atoms with Crippen LogP contribution in [-0.4, -0.2) is 63.6 Å². The molecule has 0 unspecified atom stereocenters. The molecule has 0 saturated heterocycles. The average molecular weight is 439 g/mol. The van der Waals surface area contributed by atoms with Gasteiger partial charge in [-0.1, -0.05) is 18.6 Å². The van der Waals surface area contributed by atoms with Gasteiger partial charge in [-0.25, -0.2) is 0 Å². The van der Waals surface area contributed by atoms with Gasteiger partial charge in [0.05, 0.1) is 11.6 Å². The number of aromatic nitrogens is 2. The summed E-state index contributed by atoms with van der Waals surface area (Å²) in [5.41, 5.74) is 1.95. The lowest BCUT2D eigenvalue weighted by Crippen LogP contribution is -2.51. The molecule has 1 aromatic heterocycles. The lowest BCUT2D eigenvalue weighted by molar-refractivity contribution is 0.0268. The number of benzene rings is 1. The van der Waals surface area contributed by atoms with Gasteiger partial charge in [-0.15, -0.1) is 0 Å². The first kappa shape index (κ1) is 22.4. The summed E-state index contributed by atoms with van der Waals surface area (Å²) in [5.74, 6) is 0.606. The summed E-state index contributed by atoms with van der Waals surface area (Å²) < 4.78 is 6.53. The molecule has 1 aliphatic carbocycles. The minimum atomic E-state index is -0.141. The first-order valence-electron chi connectivity index (χ1n) is 12.0. The summed E-state index contributed by atoms with van der Waals surface area (Å²) in [6.07, 6.45) is 6.53. The van der Waals surface area contributed by atoms with Gasteiger partial charge in [-0.2, -0.15) is 5.10 Å². The number of fused-ring (bicyclic) bond motifs is 2. The van der Waals surface area contributed by atoms with Crippen molar-refractivity contribution in [3.63, 3.8) is 0 Å². The van der Waals surface area contributed by atoms with Crippen LogP contribution in [0.5, 0.6) is 5.75 Å². The molecule has 1 saturated carbocycles. The Balaban J connectivity index is 1.68. The maximum absolute atomic E-state index is 13.5. The van der Waals surface area contributed by atoms with Crippen LogP contribution in [0.2, 0.25) is 0 Å². The van der Waals surface area contributed by atoms with Crippen molar-refractivity contribution in [1.82, 2.24) is 20.0 Å². The molecule has 1 N–H and O–H groups in total. The van der Waals surface area contributed by atoms with Gasteiger partial charge in [0, 0.05) is 25.3 Å². The molecular formula is C25H34N4O3. The Morgan fingerprint density at radius 2 is 1.91 bits per heavy atom. The topological polar surface area (TPSA) is 78.5 Å². The van der Waals surface area contributed by atoms with Gasteiger partial charge in [-0.3, -0.25) is 14.7 Å². The van der Waals surface area contributed by atoms with Crippen LogP contribution >= 0.6 is 0 Å². The zero-order valence-electron chi connectivity index (χ0n) is 19.2. The van der Waals surface area contributed by atoms with E-state index in [1.165, 1.54) is 0 Å². The molecule has 4 rings (SSSR count). The highest BCUT2D eigenvalue weighted by molar-refractivity contribution is 5.97. The fraction of sp³-hybridized carbons (Fsp3) is 0.560. The smallest absolute Gasteiger partial charge is 0.274 e. The van der Waals surface area contributed by atoms with E-state index in [2.05, 4.69) is 10.2 Å². The van der Waals surface area contributed by atoms with Crippen molar-refractivity contribution in [2.75, 3.05) is 19.6 Å². The fourth-order valence-corrected chi connectivity index (χ4v) is 4.91. The Hall–Kier alpha value is -2.83. The second kappa shape index (κ2) is 10.2. The van der Waals surface area contributed by atoms with Crippen LogP contribution in [0.25, 0.3) is 0 Å². The number of amides is 2. The Kier molecular flexibility index (Phi) is 7.12. The normalized spacial score (nSPS) is 22.6. The molecule has 0 radical (unpaired) electrons. The summed E-state index contributed by atoms with van der Waals surface area (Å²) in [4.78, 5) is 30.6. The van der Waals surface area contributed by atoms with Gasteiger partial charge in [0.15, 0.2) is 0 Å². The number of H-pyrrole nitrogens is 1. The van der Waals surface area contributed by atoms with Crippen LogP contribution < -0.4 is 4.74 Å². The minimum Gasteiger partial charge on any atom is -0.487 e. The third kappa shape index (κ3) is 4.81. The van der Waals surface area contributed by atoms with E-state index in [1.54, 1.807) is 0 Å². The van der Waals surface area contributed by atoms with Gasteiger partial charge < -0.3 is 14.5 Å². The number of ether oxygens (including phenoxy) is 1. The van der Waals surface area contributed by atoms with E-state index in [0.29, 0.717) is 36.6 Å². The second-order valence-electron chi connectivity index (χ2n) is 8.88. The van der Waals surface area contributed by atoms with E-state index in [4.69, 9.17) is 4.74 Å². The molecule has 2 amide bonds. The molecule has 1 fully saturated rings.